The Balaban J connectivity index is 1.70. The van der Waals surface area contributed by atoms with Crippen LogP contribution in [-0.4, -0.2) is 28.7 Å². The zero-order valence-electron chi connectivity index (χ0n) is 16.9. The number of nitrogens with one attached hydrogen (secondary N) is 1. The van der Waals surface area contributed by atoms with Gasteiger partial charge in [-0.1, -0.05) is 54.6 Å². The molecule has 0 aliphatic carbocycles. The highest BCUT2D eigenvalue weighted by molar-refractivity contribution is 6.23. The van der Waals surface area contributed by atoms with Gasteiger partial charge in [-0.05, 0) is 48.7 Å². The molecule has 1 heterocycles. The SMILES string of the molecule is Cc1cccc(NC(=O)[C@H](Cc2ccccc2)N2C(=O)c3ccccc3C2=O)c1C. The molecule has 0 aromatic heterocycles. The van der Waals surface area contributed by atoms with Gasteiger partial charge in [0.05, 0.1) is 11.1 Å². The Hall–Kier alpha value is -3.73. The van der Waals surface area contributed by atoms with Gasteiger partial charge < -0.3 is 5.32 Å². The molecule has 150 valence electrons. The lowest BCUT2D eigenvalue weighted by atomic mass is 10.0. The molecule has 30 heavy (non-hydrogen) atoms. The van der Waals surface area contributed by atoms with E-state index in [2.05, 4.69) is 5.32 Å². The van der Waals surface area contributed by atoms with Gasteiger partial charge in [-0.15, -0.1) is 0 Å². The second-order valence-electron chi connectivity index (χ2n) is 7.47. The highest BCUT2D eigenvalue weighted by Crippen LogP contribution is 2.27. The van der Waals surface area contributed by atoms with Crippen molar-refractivity contribution in [3.63, 3.8) is 0 Å². The summed E-state index contributed by atoms with van der Waals surface area (Å²) in [5.74, 6) is -1.26. The molecule has 4 rings (SSSR count). The molecule has 0 fully saturated rings. The maximum Gasteiger partial charge on any atom is 0.262 e. The molecule has 5 nitrogen and oxygen atoms in total. The highest BCUT2D eigenvalue weighted by Gasteiger charge is 2.42. The van der Waals surface area contributed by atoms with E-state index in [1.54, 1.807) is 24.3 Å². The summed E-state index contributed by atoms with van der Waals surface area (Å²) in [6.45, 7) is 3.90. The second kappa shape index (κ2) is 7.95. The molecular formula is C25H22N2O3. The minimum Gasteiger partial charge on any atom is -0.324 e. The first-order valence-electron chi connectivity index (χ1n) is 9.85. The van der Waals surface area contributed by atoms with Crippen LogP contribution in [0.15, 0.2) is 72.8 Å². The predicted octanol–water partition coefficient (Wildman–Crippen LogP) is 4.15. The van der Waals surface area contributed by atoms with Gasteiger partial charge in [0.15, 0.2) is 0 Å². The summed E-state index contributed by atoms with van der Waals surface area (Å²) in [5.41, 5.74) is 4.21. The number of benzene rings is 3. The van der Waals surface area contributed by atoms with Crippen LogP contribution in [0.3, 0.4) is 0 Å². The van der Waals surface area contributed by atoms with E-state index in [0.717, 1.165) is 21.6 Å². The Morgan fingerprint density at radius 3 is 2.07 bits per heavy atom. The standard InChI is InChI=1S/C25H22N2O3/c1-16-9-8-14-21(17(16)2)26-23(28)22(15-18-10-4-3-5-11-18)27-24(29)19-12-6-7-13-20(19)25(27)30/h3-14,22H,15H2,1-2H3,(H,26,28)/t22-/m0/s1. The van der Waals surface area contributed by atoms with Gasteiger partial charge in [0.2, 0.25) is 5.91 Å². The molecule has 0 saturated carbocycles. The van der Waals surface area contributed by atoms with Crippen LogP contribution in [0.25, 0.3) is 0 Å². The summed E-state index contributed by atoms with van der Waals surface area (Å²) < 4.78 is 0. The first-order valence-corrected chi connectivity index (χ1v) is 9.85. The van der Waals surface area contributed by atoms with Crippen molar-refractivity contribution in [3.05, 3.63) is 101 Å². The minimum atomic E-state index is -0.959. The zero-order chi connectivity index (χ0) is 21.3. The van der Waals surface area contributed by atoms with Crippen molar-refractivity contribution < 1.29 is 14.4 Å². The number of hydrogen-bond donors (Lipinski definition) is 1. The lowest BCUT2D eigenvalue weighted by Crippen LogP contribution is -2.48. The van der Waals surface area contributed by atoms with Gasteiger partial charge in [0, 0.05) is 12.1 Å². The first kappa shape index (κ1) is 19.6. The Bertz CT molecular complexity index is 1100. The molecule has 0 unspecified atom stereocenters. The molecular weight excluding hydrogens is 376 g/mol. The van der Waals surface area contributed by atoms with Gasteiger partial charge in [0.1, 0.15) is 6.04 Å². The monoisotopic (exact) mass is 398 g/mol. The van der Waals surface area contributed by atoms with Crippen molar-refractivity contribution >= 4 is 23.4 Å². The number of aryl methyl sites for hydroxylation is 1. The molecule has 1 aliphatic heterocycles. The largest absolute Gasteiger partial charge is 0.324 e. The highest BCUT2D eigenvalue weighted by atomic mass is 16.2. The number of amides is 3. The van der Waals surface area contributed by atoms with E-state index in [4.69, 9.17) is 0 Å². The van der Waals surface area contributed by atoms with Crippen molar-refractivity contribution in [3.8, 4) is 0 Å². The molecule has 1 atom stereocenters. The normalized spacial score (nSPS) is 13.9. The quantitative estimate of drug-likeness (QED) is 0.657. The van der Waals surface area contributed by atoms with Crippen molar-refractivity contribution in [2.45, 2.75) is 26.3 Å². The number of imide groups is 1. The average molecular weight is 398 g/mol. The van der Waals surface area contributed by atoms with Crippen LogP contribution >= 0.6 is 0 Å². The molecule has 1 N–H and O–H groups in total. The van der Waals surface area contributed by atoms with E-state index in [0.29, 0.717) is 16.8 Å². The van der Waals surface area contributed by atoms with Crippen LogP contribution in [0.2, 0.25) is 0 Å². The van der Waals surface area contributed by atoms with Crippen LogP contribution in [-0.2, 0) is 11.2 Å². The fourth-order valence-corrected chi connectivity index (χ4v) is 3.73. The number of anilines is 1. The van der Waals surface area contributed by atoms with Crippen molar-refractivity contribution in [2.75, 3.05) is 5.32 Å². The van der Waals surface area contributed by atoms with E-state index in [1.165, 1.54) is 0 Å². The number of nitrogens with zero attached hydrogens (tertiary/aromatic N) is 1. The lowest BCUT2D eigenvalue weighted by Gasteiger charge is -2.26. The zero-order valence-corrected chi connectivity index (χ0v) is 16.9. The van der Waals surface area contributed by atoms with E-state index in [9.17, 15) is 14.4 Å². The molecule has 0 saturated heterocycles. The van der Waals surface area contributed by atoms with Crippen LogP contribution in [0, 0.1) is 13.8 Å². The van der Waals surface area contributed by atoms with E-state index >= 15 is 0 Å². The number of rotatable bonds is 5. The van der Waals surface area contributed by atoms with Gasteiger partial charge in [-0.2, -0.15) is 0 Å². The van der Waals surface area contributed by atoms with Gasteiger partial charge in [-0.3, -0.25) is 19.3 Å². The van der Waals surface area contributed by atoms with Gasteiger partial charge in [0.25, 0.3) is 11.8 Å². The predicted molar refractivity (Wildman–Crippen MR) is 115 cm³/mol. The molecule has 0 spiro atoms. The Morgan fingerprint density at radius 1 is 0.833 bits per heavy atom. The van der Waals surface area contributed by atoms with Crippen molar-refractivity contribution in [2.24, 2.45) is 0 Å². The third-order valence-electron chi connectivity index (χ3n) is 5.57. The van der Waals surface area contributed by atoms with Crippen LogP contribution < -0.4 is 5.32 Å². The Kier molecular flexibility index (Phi) is 5.19. The first-order chi connectivity index (χ1) is 14.5. The Labute approximate surface area is 175 Å². The van der Waals surface area contributed by atoms with Gasteiger partial charge >= 0.3 is 0 Å². The third-order valence-corrected chi connectivity index (χ3v) is 5.57. The van der Waals surface area contributed by atoms with Gasteiger partial charge in [-0.25, -0.2) is 0 Å². The third kappa shape index (κ3) is 3.50. The van der Waals surface area contributed by atoms with E-state index < -0.39 is 17.9 Å². The van der Waals surface area contributed by atoms with Crippen LogP contribution in [0.4, 0.5) is 5.69 Å². The fraction of sp³-hybridized carbons (Fsp3) is 0.160. The van der Waals surface area contributed by atoms with E-state index in [-0.39, 0.29) is 12.3 Å². The molecule has 1 aliphatic rings. The molecule has 5 heteroatoms. The summed E-state index contributed by atoms with van der Waals surface area (Å²) in [5, 5.41) is 2.93. The summed E-state index contributed by atoms with van der Waals surface area (Å²) in [4.78, 5) is 40.5. The smallest absolute Gasteiger partial charge is 0.262 e. The van der Waals surface area contributed by atoms with Crippen LogP contribution in [0.5, 0.6) is 0 Å². The lowest BCUT2D eigenvalue weighted by molar-refractivity contribution is -0.119. The second-order valence-corrected chi connectivity index (χ2v) is 7.47. The summed E-state index contributed by atoms with van der Waals surface area (Å²) in [7, 11) is 0. The van der Waals surface area contributed by atoms with E-state index in [1.807, 2.05) is 62.4 Å². The Morgan fingerprint density at radius 2 is 1.43 bits per heavy atom. The maximum absolute atomic E-state index is 13.4. The maximum atomic E-state index is 13.4. The molecule has 0 bridgehead atoms. The fourth-order valence-electron chi connectivity index (χ4n) is 3.73. The summed E-state index contributed by atoms with van der Waals surface area (Å²) in [6, 6.07) is 20.8. The summed E-state index contributed by atoms with van der Waals surface area (Å²) >= 11 is 0. The summed E-state index contributed by atoms with van der Waals surface area (Å²) in [6.07, 6.45) is 0.239. The van der Waals surface area contributed by atoms with Crippen molar-refractivity contribution in [1.29, 1.82) is 0 Å². The molecule has 3 aromatic carbocycles. The van der Waals surface area contributed by atoms with Crippen molar-refractivity contribution in [1.82, 2.24) is 4.90 Å². The molecule has 3 amide bonds. The number of carbonyl (C=O) groups excluding carboxylic acids is 3. The minimum absolute atomic E-state index is 0.239. The molecule has 3 aromatic rings. The number of hydrogen-bond acceptors (Lipinski definition) is 3. The van der Waals surface area contributed by atoms with Crippen LogP contribution in [0.1, 0.15) is 37.4 Å². The number of carbonyl (C=O) groups is 3. The molecule has 0 radical (unpaired) electrons. The topological polar surface area (TPSA) is 66.5 Å². The average Bonchev–Trinajstić information content (AvgIpc) is 3.01. The number of fused-ring (bicyclic) bond motifs is 1.